The molecule has 0 spiro atoms. The van der Waals surface area contributed by atoms with Crippen LogP contribution in [0.25, 0.3) is 0 Å². The van der Waals surface area contributed by atoms with Crippen LogP contribution >= 0.6 is 0 Å². The molecular weight excluding hydrogens is 232 g/mol. The van der Waals surface area contributed by atoms with Gasteiger partial charge in [-0.2, -0.15) is 0 Å². The van der Waals surface area contributed by atoms with E-state index >= 15 is 0 Å². The Balaban J connectivity index is 1.77. The number of carbonyl (C=O) groups is 1. The average molecular weight is 250 g/mol. The van der Waals surface area contributed by atoms with Gasteiger partial charge >= 0.3 is 5.97 Å². The predicted molar refractivity (Wildman–Crippen MR) is 62.3 cm³/mol. The molecule has 4 rings (SSSR count). The number of esters is 1. The molecule has 1 saturated carbocycles. The lowest BCUT2D eigenvalue weighted by Gasteiger charge is -2.28. The van der Waals surface area contributed by atoms with Crippen molar-refractivity contribution in [2.45, 2.75) is 44.4 Å². The SMILES string of the molecule is C=CC[C@@H]1OC2(C)OC3(C)OC(=O)C4CC1C2C43. The maximum atomic E-state index is 11.9. The van der Waals surface area contributed by atoms with E-state index in [4.69, 9.17) is 14.2 Å². The van der Waals surface area contributed by atoms with E-state index in [0.29, 0.717) is 5.92 Å². The minimum Gasteiger partial charge on any atom is -0.433 e. The summed E-state index contributed by atoms with van der Waals surface area (Å²) >= 11 is 0. The molecule has 4 nitrogen and oxygen atoms in total. The van der Waals surface area contributed by atoms with Crippen LogP contribution in [-0.2, 0) is 19.0 Å². The first-order chi connectivity index (χ1) is 8.48. The molecule has 3 aliphatic heterocycles. The number of ether oxygens (including phenoxy) is 3. The molecule has 1 aliphatic carbocycles. The second kappa shape index (κ2) is 2.99. The second-order valence-electron chi connectivity index (χ2n) is 6.29. The van der Waals surface area contributed by atoms with Gasteiger partial charge in [0.15, 0.2) is 5.79 Å². The fourth-order valence-electron chi connectivity index (χ4n) is 4.92. The second-order valence-corrected chi connectivity index (χ2v) is 6.29. The Labute approximate surface area is 106 Å². The van der Waals surface area contributed by atoms with Crippen molar-refractivity contribution in [3.63, 3.8) is 0 Å². The molecular formula is C14H18O4. The molecule has 0 amide bonds. The van der Waals surface area contributed by atoms with Crippen molar-refractivity contribution in [3.8, 4) is 0 Å². The van der Waals surface area contributed by atoms with E-state index in [2.05, 4.69) is 6.58 Å². The largest absolute Gasteiger partial charge is 0.433 e. The molecule has 4 fully saturated rings. The molecule has 0 aromatic heterocycles. The molecule has 4 heteroatoms. The summed E-state index contributed by atoms with van der Waals surface area (Å²) in [6.45, 7) is 7.66. The average Bonchev–Trinajstić information content (AvgIpc) is 2.88. The lowest BCUT2D eigenvalue weighted by molar-refractivity contribution is -0.295. The highest BCUT2D eigenvalue weighted by Gasteiger charge is 2.77. The zero-order chi connectivity index (χ0) is 12.7. The molecule has 0 bridgehead atoms. The normalized spacial score (nSPS) is 59.9. The third-order valence-electron chi connectivity index (χ3n) is 5.29. The highest BCUT2D eigenvalue weighted by atomic mass is 16.8. The van der Waals surface area contributed by atoms with Crippen molar-refractivity contribution in [2.75, 3.05) is 0 Å². The molecule has 4 aliphatic rings. The Morgan fingerprint density at radius 1 is 1.39 bits per heavy atom. The first-order valence-corrected chi connectivity index (χ1v) is 6.70. The number of carbonyl (C=O) groups excluding carboxylic acids is 1. The molecule has 0 N–H and O–H groups in total. The van der Waals surface area contributed by atoms with Crippen LogP contribution in [0, 0.1) is 23.7 Å². The molecule has 98 valence electrons. The standard InChI is InChI=1S/C14H18O4/c1-4-5-9-7-6-8-11-10(7)13(2,16-9)18-14(11,3)17-12(8)15/h4,7-11H,1,5-6H2,2-3H3/t7?,8?,9-,10?,11?,13?,14?/m0/s1. The van der Waals surface area contributed by atoms with Crippen LogP contribution in [0.2, 0.25) is 0 Å². The van der Waals surface area contributed by atoms with E-state index < -0.39 is 11.6 Å². The summed E-state index contributed by atoms with van der Waals surface area (Å²) in [6.07, 6.45) is 3.73. The van der Waals surface area contributed by atoms with Gasteiger partial charge in [0, 0.05) is 18.8 Å². The summed E-state index contributed by atoms with van der Waals surface area (Å²) < 4.78 is 17.6. The highest BCUT2D eigenvalue weighted by Crippen LogP contribution is 2.68. The van der Waals surface area contributed by atoms with Crippen LogP contribution in [-0.4, -0.2) is 23.6 Å². The smallest absolute Gasteiger partial charge is 0.312 e. The van der Waals surface area contributed by atoms with Gasteiger partial charge < -0.3 is 14.2 Å². The lowest BCUT2D eigenvalue weighted by atomic mass is 9.81. The van der Waals surface area contributed by atoms with Crippen molar-refractivity contribution < 1.29 is 19.0 Å². The molecule has 6 unspecified atom stereocenters. The Morgan fingerprint density at radius 2 is 2.17 bits per heavy atom. The third kappa shape index (κ3) is 1.03. The fourth-order valence-corrected chi connectivity index (χ4v) is 4.92. The van der Waals surface area contributed by atoms with E-state index in [1.54, 1.807) is 0 Å². The van der Waals surface area contributed by atoms with Crippen molar-refractivity contribution in [1.82, 2.24) is 0 Å². The third-order valence-corrected chi connectivity index (χ3v) is 5.29. The Morgan fingerprint density at radius 3 is 2.89 bits per heavy atom. The van der Waals surface area contributed by atoms with Crippen molar-refractivity contribution >= 4 is 5.97 Å². The van der Waals surface area contributed by atoms with E-state index in [9.17, 15) is 4.79 Å². The van der Waals surface area contributed by atoms with E-state index in [-0.39, 0.29) is 29.8 Å². The highest BCUT2D eigenvalue weighted by molar-refractivity contribution is 5.76. The maximum Gasteiger partial charge on any atom is 0.312 e. The summed E-state index contributed by atoms with van der Waals surface area (Å²) in [5.74, 6) is -0.599. The summed E-state index contributed by atoms with van der Waals surface area (Å²) in [6, 6.07) is 0. The van der Waals surface area contributed by atoms with E-state index in [1.165, 1.54) is 0 Å². The van der Waals surface area contributed by atoms with Crippen molar-refractivity contribution in [2.24, 2.45) is 23.7 Å². The molecule has 3 saturated heterocycles. The summed E-state index contributed by atoms with van der Waals surface area (Å²) in [5.41, 5.74) is 0. The molecule has 0 aromatic carbocycles. The van der Waals surface area contributed by atoms with Gasteiger partial charge in [0.1, 0.15) is 0 Å². The monoisotopic (exact) mass is 250 g/mol. The zero-order valence-electron chi connectivity index (χ0n) is 10.7. The maximum absolute atomic E-state index is 11.9. The van der Waals surface area contributed by atoms with Gasteiger partial charge in [-0.15, -0.1) is 6.58 Å². The van der Waals surface area contributed by atoms with Gasteiger partial charge in [-0.1, -0.05) is 6.08 Å². The van der Waals surface area contributed by atoms with Crippen molar-refractivity contribution in [1.29, 1.82) is 0 Å². The van der Waals surface area contributed by atoms with Crippen molar-refractivity contribution in [3.05, 3.63) is 12.7 Å². The fraction of sp³-hybridized carbons (Fsp3) is 0.786. The van der Waals surface area contributed by atoms with Crippen LogP contribution < -0.4 is 0 Å². The van der Waals surface area contributed by atoms with E-state index in [1.807, 2.05) is 19.9 Å². The quantitative estimate of drug-likeness (QED) is 0.554. The zero-order valence-corrected chi connectivity index (χ0v) is 10.7. The Bertz CT molecular complexity index is 447. The number of rotatable bonds is 2. The Hall–Kier alpha value is -0.870. The first-order valence-electron chi connectivity index (χ1n) is 6.70. The van der Waals surface area contributed by atoms with Crippen LogP contribution in [0.15, 0.2) is 12.7 Å². The van der Waals surface area contributed by atoms with Gasteiger partial charge in [-0.25, -0.2) is 0 Å². The van der Waals surface area contributed by atoms with Gasteiger partial charge in [-0.05, 0) is 25.7 Å². The summed E-state index contributed by atoms with van der Waals surface area (Å²) in [5, 5.41) is 0. The van der Waals surface area contributed by atoms with Crippen LogP contribution in [0.5, 0.6) is 0 Å². The van der Waals surface area contributed by atoms with E-state index in [0.717, 1.165) is 12.8 Å². The van der Waals surface area contributed by atoms with Gasteiger partial charge in [-0.3, -0.25) is 4.79 Å². The lowest BCUT2D eigenvalue weighted by Crippen LogP contribution is -2.36. The van der Waals surface area contributed by atoms with Crippen LogP contribution in [0.1, 0.15) is 26.7 Å². The molecule has 3 heterocycles. The molecule has 7 atom stereocenters. The minimum absolute atomic E-state index is 0.00282. The minimum atomic E-state index is -0.769. The Kier molecular flexibility index (Phi) is 1.83. The molecule has 18 heavy (non-hydrogen) atoms. The summed E-state index contributed by atoms with van der Waals surface area (Å²) in [7, 11) is 0. The predicted octanol–water partition coefficient (Wildman–Crippen LogP) is 1.85. The number of hydrogen-bond acceptors (Lipinski definition) is 4. The van der Waals surface area contributed by atoms with Crippen LogP contribution in [0.3, 0.4) is 0 Å². The number of hydrogen-bond donors (Lipinski definition) is 0. The molecule has 0 radical (unpaired) electrons. The van der Waals surface area contributed by atoms with Gasteiger partial charge in [0.25, 0.3) is 0 Å². The first kappa shape index (κ1) is 11.0. The van der Waals surface area contributed by atoms with Gasteiger partial charge in [0.2, 0.25) is 5.79 Å². The van der Waals surface area contributed by atoms with Crippen LogP contribution in [0.4, 0.5) is 0 Å². The topological polar surface area (TPSA) is 44.8 Å². The summed E-state index contributed by atoms with van der Waals surface area (Å²) in [4.78, 5) is 11.9. The molecule has 0 aromatic rings. The van der Waals surface area contributed by atoms with Gasteiger partial charge in [0.05, 0.1) is 12.0 Å².